The summed E-state index contributed by atoms with van der Waals surface area (Å²) in [6, 6.07) is 10.3. The average molecular weight is 254 g/mol. The second kappa shape index (κ2) is 6.54. The summed E-state index contributed by atoms with van der Waals surface area (Å²) in [4.78, 5) is 8.50. The average Bonchev–Trinajstić information content (AvgIpc) is 2.43. The Balaban J connectivity index is 1.97. The molecule has 0 fully saturated rings. The lowest BCUT2D eigenvalue weighted by Crippen LogP contribution is -2.06. The molecule has 2 N–H and O–H groups in total. The van der Waals surface area contributed by atoms with Gasteiger partial charge in [0.15, 0.2) is 0 Å². The van der Waals surface area contributed by atoms with Gasteiger partial charge in [-0.05, 0) is 18.6 Å². The Morgan fingerprint density at radius 1 is 1.26 bits per heavy atom. The van der Waals surface area contributed by atoms with E-state index in [0.717, 1.165) is 12.4 Å². The standard InChI is InChI=1S/C15H18N4/c1-3-8-16-15-17-9-7-14(19-15)18-11-13-6-4-5-12(2)10-13/h3-7,9-10H,1,8,11H2,2H3,(H2,16,17,18,19). The summed E-state index contributed by atoms with van der Waals surface area (Å²) < 4.78 is 0. The number of aromatic nitrogens is 2. The van der Waals surface area contributed by atoms with E-state index in [0.29, 0.717) is 12.5 Å². The molecule has 0 aliphatic carbocycles. The third kappa shape index (κ3) is 4.10. The number of aryl methyl sites for hydroxylation is 1. The van der Waals surface area contributed by atoms with Crippen molar-refractivity contribution in [2.45, 2.75) is 13.5 Å². The highest BCUT2D eigenvalue weighted by Crippen LogP contribution is 2.09. The molecule has 4 heteroatoms. The van der Waals surface area contributed by atoms with Crippen LogP contribution in [0.15, 0.2) is 49.2 Å². The minimum Gasteiger partial charge on any atom is -0.366 e. The van der Waals surface area contributed by atoms with E-state index in [1.165, 1.54) is 11.1 Å². The van der Waals surface area contributed by atoms with Crippen molar-refractivity contribution in [1.29, 1.82) is 0 Å². The fourth-order valence-corrected chi connectivity index (χ4v) is 1.72. The van der Waals surface area contributed by atoms with Crippen LogP contribution in [0.25, 0.3) is 0 Å². The van der Waals surface area contributed by atoms with E-state index in [-0.39, 0.29) is 0 Å². The van der Waals surface area contributed by atoms with Crippen molar-refractivity contribution in [3.05, 3.63) is 60.3 Å². The third-order valence-electron chi connectivity index (χ3n) is 2.62. The molecule has 0 atom stereocenters. The van der Waals surface area contributed by atoms with Crippen LogP contribution in [0, 0.1) is 6.92 Å². The van der Waals surface area contributed by atoms with E-state index in [2.05, 4.69) is 58.4 Å². The third-order valence-corrected chi connectivity index (χ3v) is 2.62. The lowest BCUT2D eigenvalue weighted by molar-refractivity contribution is 1.07. The van der Waals surface area contributed by atoms with Crippen molar-refractivity contribution in [1.82, 2.24) is 9.97 Å². The highest BCUT2D eigenvalue weighted by Gasteiger charge is 1.98. The molecule has 0 bridgehead atoms. The Labute approximate surface area is 113 Å². The van der Waals surface area contributed by atoms with Gasteiger partial charge in [-0.3, -0.25) is 0 Å². The monoisotopic (exact) mass is 254 g/mol. The lowest BCUT2D eigenvalue weighted by Gasteiger charge is -2.08. The van der Waals surface area contributed by atoms with E-state index in [4.69, 9.17) is 0 Å². The topological polar surface area (TPSA) is 49.8 Å². The van der Waals surface area contributed by atoms with Gasteiger partial charge in [0.1, 0.15) is 5.82 Å². The zero-order chi connectivity index (χ0) is 13.5. The van der Waals surface area contributed by atoms with Gasteiger partial charge in [0.25, 0.3) is 0 Å². The Hall–Kier alpha value is -2.36. The molecule has 19 heavy (non-hydrogen) atoms. The van der Waals surface area contributed by atoms with Crippen molar-refractivity contribution in [2.75, 3.05) is 17.2 Å². The highest BCUT2D eigenvalue weighted by molar-refractivity contribution is 5.40. The quantitative estimate of drug-likeness (QED) is 0.778. The molecule has 0 radical (unpaired) electrons. The number of hydrogen-bond donors (Lipinski definition) is 2. The summed E-state index contributed by atoms with van der Waals surface area (Å²) in [6.07, 6.45) is 3.51. The lowest BCUT2D eigenvalue weighted by atomic mass is 10.1. The van der Waals surface area contributed by atoms with Crippen LogP contribution >= 0.6 is 0 Å². The van der Waals surface area contributed by atoms with Gasteiger partial charge in [0, 0.05) is 19.3 Å². The number of rotatable bonds is 6. The first-order valence-electron chi connectivity index (χ1n) is 6.25. The molecule has 0 amide bonds. The van der Waals surface area contributed by atoms with Gasteiger partial charge in [-0.2, -0.15) is 4.98 Å². The molecule has 4 nitrogen and oxygen atoms in total. The van der Waals surface area contributed by atoms with Crippen LogP contribution in [-0.4, -0.2) is 16.5 Å². The predicted octanol–water partition coefficient (Wildman–Crippen LogP) is 3.00. The molecule has 0 saturated carbocycles. The van der Waals surface area contributed by atoms with E-state index in [1.807, 2.05) is 6.07 Å². The largest absolute Gasteiger partial charge is 0.366 e. The molecule has 2 aromatic rings. The first-order valence-corrected chi connectivity index (χ1v) is 6.25. The fourth-order valence-electron chi connectivity index (χ4n) is 1.72. The normalized spacial score (nSPS) is 9.95. The molecular weight excluding hydrogens is 236 g/mol. The van der Waals surface area contributed by atoms with Crippen LogP contribution < -0.4 is 10.6 Å². The molecule has 1 heterocycles. The first-order chi connectivity index (χ1) is 9.28. The highest BCUT2D eigenvalue weighted by atomic mass is 15.1. The van der Waals surface area contributed by atoms with Gasteiger partial charge in [0.05, 0.1) is 0 Å². The second-order valence-electron chi connectivity index (χ2n) is 4.28. The van der Waals surface area contributed by atoms with Crippen molar-refractivity contribution in [3.8, 4) is 0 Å². The summed E-state index contributed by atoms with van der Waals surface area (Å²) >= 11 is 0. The summed E-state index contributed by atoms with van der Waals surface area (Å²) in [5.41, 5.74) is 2.49. The Bertz CT molecular complexity index is 551. The van der Waals surface area contributed by atoms with Gasteiger partial charge in [-0.25, -0.2) is 4.98 Å². The van der Waals surface area contributed by atoms with Crippen LogP contribution in [0.1, 0.15) is 11.1 Å². The molecule has 2 rings (SSSR count). The minimum absolute atomic E-state index is 0.606. The van der Waals surface area contributed by atoms with Crippen molar-refractivity contribution < 1.29 is 0 Å². The zero-order valence-electron chi connectivity index (χ0n) is 11.1. The predicted molar refractivity (Wildman–Crippen MR) is 79.2 cm³/mol. The first kappa shape index (κ1) is 13.1. The Kier molecular flexibility index (Phi) is 4.50. The number of nitrogens with one attached hydrogen (secondary N) is 2. The summed E-state index contributed by atoms with van der Waals surface area (Å²) in [7, 11) is 0. The summed E-state index contributed by atoms with van der Waals surface area (Å²) in [5.74, 6) is 1.41. The maximum atomic E-state index is 4.37. The molecule has 0 unspecified atom stereocenters. The second-order valence-corrected chi connectivity index (χ2v) is 4.28. The van der Waals surface area contributed by atoms with Crippen molar-refractivity contribution in [3.63, 3.8) is 0 Å². The molecule has 1 aromatic carbocycles. The molecular formula is C15H18N4. The maximum Gasteiger partial charge on any atom is 0.224 e. The summed E-state index contributed by atoms with van der Waals surface area (Å²) in [5, 5.41) is 6.35. The van der Waals surface area contributed by atoms with Crippen LogP contribution in [0.4, 0.5) is 11.8 Å². The molecule has 98 valence electrons. The molecule has 1 aromatic heterocycles. The van der Waals surface area contributed by atoms with Gasteiger partial charge in [0.2, 0.25) is 5.95 Å². The zero-order valence-corrected chi connectivity index (χ0v) is 11.1. The minimum atomic E-state index is 0.606. The van der Waals surface area contributed by atoms with E-state index in [9.17, 15) is 0 Å². The van der Waals surface area contributed by atoms with Gasteiger partial charge in [-0.1, -0.05) is 35.9 Å². The fraction of sp³-hybridized carbons (Fsp3) is 0.200. The number of hydrogen-bond acceptors (Lipinski definition) is 4. The molecule has 0 aliphatic rings. The van der Waals surface area contributed by atoms with E-state index >= 15 is 0 Å². The SMILES string of the molecule is C=CCNc1nccc(NCc2cccc(C)c2)n1. The van der Waals surface area contributed by atoms with Crippen molar-refractivity contribution in [2.24, 2.45) is 0 Å². The summed E-state index contributed by atoms with van der Waals surface area (Å²) in [6.45, 7) is 7.14. The van der Waals surface area contributed by atoms with Gasteiger partial charge >= 0.3 is 0 Å². The van der Waals surface area contributed by atoms with Crippen LogP contribution in [-0.2, 0) is 6.54 Å². The van der Waals surface area contributed by atoms with E-state index < -0.39 is 0 Å². The molecule has 0 aliphatic heterocycles. The number of benzene rings is 1. The van der Waals surface area contributed by atoms with Crippen molar-refractivity contribution >= 4 is 11.8 Å². The van der Waals surface area contributed by atoms with Crippen LogP contribution in [0.2, 0.25) is 0 Å². The van der Waals surface area contributed by atoms with E-state index in [1.54, 1.807) is 12.3 Å². The number of nitrogens with zero attached hydrogens (tertiary/aromatic N) is 2. The Morgan fingerprint density at radius 3 is 2.95 bits per heavy atom. The smallest absolute Gasteiger partial charge is 0.224 e. The van der Waals surface area contributed by atoms with Gasteiger partial charge in [-0.15, -0.1) is 6.58 Å². The Morgan fingerprint density at radius 2 is 2.16 bits per heavy atom. The van der Waals surface area contributed by atoms with Gasteiger partial charge < -0.3 is 10.6 Å². The van der Waals surface area contributed by atoms with Crippen LogP contribution in [0.5, 0.6) is 0 Å². The maximum absolute atomic E-state index is 4.37. The van der Waals surface area contributed by atoms with Crippen LogP contribution in [0.3, 0.4) is 0 Å². The number of anilines is 2. The molecule has 0 spiro atoms. The molecule has 0 saturated heterocycles.